The number of fused-ring (bicyclic) bond motifs is 1. The highest BCUT2D eigenvalue weighted by atomic mass is 19.1. The normalized spacial score (nSPS) is 18.1. The summed E-state index contributed by atoms with van der Waals surface area (Å²) in [7, 11) is 1.61. The maximum atomic E-state index is 13.1. The van der Waals surface area contributed by atoms with Crippen LogP contribution in [0, 0.1) is 17.7 Å². The number of carbonyl (C=O) groups excluding carboxylic acids is 2. The van der Waals surface area contributed by atoms with Gasteiger partial charge in [0.1, 0.15) is 29.8 Å². The van der Waals surface area contributed by atoms with Gasteiger partial charge in [0.15, 0.2) is 0 Å². The minimum absolute atomic E-state index is 0.0452. The highest BCUT2D eigenvalue weighted by Gasteiger charge is 2.33. The van der Waals surface area contributed by atoms with Gasteiger partial charge in [-0.1, -0.05) is 24.0 Å². The fourth-order valence-electron chi connectivity index (χ4n) is 4.12. The molecule has 0 unspecified atom stereocenters. The summed E-state index contributed by atoms with van der Waals surface area (Å²) in [6, 6.07) is 9.86. The predicted octanol–water partition coefficient (Wildman–Crippen LogP) is 2.86. The van der Waals surface area contributed by atoms with Crippen molar-refractivity contribution >= 4 is 17.6 Å². The van der Waals surface area contributed by atoms with Gasteiger partial charge in [-0.15, -0.1) is 0 Å². The number of rotatable bonds is 3. The largest absolute Gasteiger partial charge is 0.489 e. The molecule has 2 heterocycles. The number of ether oxygens (including phenoxy) is 1. The summed E-state index contributed by atoms with van der Waals surface area (Å²) in [5, 5.41) is 17.0. The molecular formula is C27H25FN4O4. The minimum Gasteiger partial charge on any atom is -0.489 e. The molecule has 1 atom stereocenters. The summed E-state index contributed by atoms with van der Waals surface area (Å²) >= 11 is 0. The number of benzene rings is 2. The Hall–Kier alpha value is -4.16. The molecule has 2 aromatic carbocycles. The van der Waals surface area contributed by atoms with Crippen molar-refractivity contribution < 1.29 is 23.8 Å². The van der Waals surface area contributed by atoms with Gasteiger partial charge in [-0.3, -0.25) is 4.79 Å². The summed E-state index contributed by atoms with van der Waals surface area (Å²) in [6.07, 6.45) is 5.90. The van der Waals surface area contributed by atoms with Crippen molar-refractivity contribution in [1.82, 2.24) is 15.1 Å². The summed E-state index contributed by atoms with van der Waals surface area (Å²) in [5.41, 5.74) is 1.92. The monoisotopic (exact) mass is 488 g/mol. The van der Waals surface area contributed by atoms with Crippen LogP contribution in [0.5, 0.6) is 5.75 Å². The van der Waals surface area contributed by atoms with E-state index in [1.807, 2.05) is 0 Å². The van der Waals surface area contributed by atoms with E-state index in [2.05, 4.69) is 22.3 Å². The van der Waals surface area contributed by atoms with Crippen molar-refractivity contribution in [3.8, 4) is 17.6 Å². The van der Waals surface area contributed by atoms with Gasteiger partial charge in [0, 0.05) is 25.2 Å². The van der Waals surface area contributed by atoms with Crippen LogP contribution in [0.2, 0.25) is 0 Å². The number of carbonyl (C=O) groups is 2. The molecule has 0 saturated heterocycles. The molecule has 0 spiro atoms. The van der Waals surface area contributed by atoms with E-state index in [1.54, 1.807) is 49.8 Å². The van der Waals surface area contributed by atoms with Crippen LogP contribution in [0.4, 0.5) is 14.9 Å². The molecule has 184 valence electrons. The van der Waals surface area contributed by atoms with Gasteiger partial charge >= 0.3 is 6.03 Å². The number of likely N-dealkylation sites (N-methyl/N-ethyl adjacent to an activating group) is 1. The van der Waals surface area contributed by atoms with E-state index < -0.39 is 17.7 Å². The number of hydrogen-bond donors (Lipinski definition) is 2. The van der Waals surface area contributed by atoms with Crippen LogP contribution in [-0.4, -0.2) is 52.1 Å². The third-order valence-electron chi connectivity index (χ3n) is 6.44. The van der Waals surface area contributed by atoms with Crippen molar-refractivity contribution in [1.29, 1.82) is 0 Å². The Morgan fingerprint density at radius 1 is 1.25 bits per heavy atom. The third-order valence-corrected chi connectivity index (χ3v) is 6.44. The second-order valence-electron chi connectivity index (χ2n) is 9.12. The zero-order valence-corrected chi connectivity index (χ0v) is 19.7. The molecule has 8 nitrogen and oxygen atoms in total. The fraction of sp³-hybridized carbons (Fsp3) is 0.296. The van der Waals surface area contributed by atoms with Crippen molar-refractivity contribution in [3.05, 3.63) is 77.4 Å². The van der Waals surface area contributed by atoms with Gasteiger partial charge < -0.3 is 20.1 Å². The van der Waals surface area contributed by atoms with Crippen molar-refractivity contribution in [2.45, 2.75) is 37.3 Å². The maximum absolute atomic E-state index is 13.1. The lowest BCUT2D eigenvalue weighted by Crippen LogP contribution is -2.50. The quantitative estimate of drug-likeness (QED) is 0.553. The van der Waals surface area contributed by atoms with Gasteiger partial charge in [0.2, 0.25) is 0 Å². The third kappa shape index (κ3) is 4.95. The molecule has 1 aliphatic heterocycles. The van der Waals surface area contributed by atoms with Gasteiger partial charge in [-0.25, -0.2) is 9.18 Å². The van der Waals surface area contributed by atoms with Crippen LogP contribution in [0.3, 0.4) is 0 Å². The first-order valence-electron chi connectivity index (χ1n) is 11.7. The Kier molecular flexibility index (Phi) is 6.20. The molecule has 5 rings (SSSR count). The van der Waals surface area contributed by atoms with Crippen molar-refractivity contribution in [3.63, 3.8) is 0 Å². The number of aliphatic hydroxyl groups is 1. The van der Waals surface area contributed by atoms with Crippen LogP contribution >= 0.6 is 0 Å². The van der Waals surface area contributed by atoms with Crippen LogP contribution in [-0.2, 0) is 11.2 Å². The Labute approximate surface area is 207 Å². The van der Waals surface area contributed by atoms with Crippen LogP contribution in [0.15, 0.2) is 54.9 Å². The summed E-state index contributed by atoms with van der Waals surface area (Å²) in [6.45, 7) is -0.0452. The zero-order valence-electron chi connectivity index (χ0n) is 19.7. The average molecular weight is 489 g/mol. The summed E-state index contributed by atoms with van der Waals surface area (Å²) in [4.78, 5) is 27.4. The number of aromatic nitrogens is 2. The van der Waals surface area contributed by atoms with E-state index in [-0.39, 0.29) is 18.3 Å². The zero-order chi connectivity index (χ0) is 25.3. The fourth-order valence-corrected chi connectivity index (χ4v) is 4.12. The Bertz CT molecular complexity index is 1370. The average Bonchev–Trinajstić information content (AvgIpc) is 3.29. The van der Waals surface area contributed by atoms with Gasteiger partial charge in [0.25, 0.3) is 5.91 Å². The molecule has 1 aliphatic carbocycles. The van der Waals surface area contributed by atoms with Gasteiger partial charge in [-0.2, -0.15) is 9.78 Å². The Morgan fingerprint density at radius 2 is 2.03 bits per heavy atom. The van der Waals surface area contributed by atoms with Crippen LogP contribution in [0.25, 0.3) is 0 Å². The second kappa shape index (κ2) is 9.47. The molecular weight excluding hydrogens is 463 g/mol. The minimum atomic E-state index is -0.926. The predicted molar refractivity (Wildman–Crippen MR) is 130 cm³/mol. The van der Waals surface area contributed by atoms with Crippen molar-refractivity contribution in [2.24, 2.45) is 0 Å². The Balaban J connectivity index is 1.26. The number of amides is 2. The number of halogens is 1. The summed E-state index contributed by atoms with van der Waals surface area (Å²) < 4.78 is 20.1. The maximum Gasteiger partial charge on any atom is 0.342 e. The highest BCUT2D eigenvalue weighted by Crippen LogP contribution is 2.33. The van der Waals surface area contributed by atoms with E-state index in [1.165, 1.54) is 17.0 Å². The van der Waals surface area contributed by atoms with Crippen LogP contribution in [0.1, 0.15) is 36.0 Å². The van der Waals surface area contributed by atoms with Gasteiger partial charge in [-0.05, 0) is 60.7 Å². The van der Waals surface area contributed by atoms with Crippen LogP contribution < -0.4 is 15.0 Å². The lowest BCUT2D eigenvalue weighted by Gasteiger charge is -2.30. The molecule has 1 saturated carbocycles. The topological polar surface area (TPSA) is 96.7 Å². The van der Waals surface area contributed by atoms with E-state index >= 15 is 0 Å². The lowest BCUT2D eigenvalue weighted by molar-refractivity contribution is -0.120. The smallest absolute Gasteiger partial charge is 0.342 e. The number of nitrogens with one attached hydrogen (secondary N) is 1. The first-order chi connectivity index (χ1) is 17.3. The summed E-state index contributed by atoms with van der Waals surface area (Å²) in [5.74, 6) is 5.74. The SMILES string of the molecule is CN1C(=O)[C@@H](NC(=O)n2cc(Cc3ccc(F)cc3)cn2)COc2ccc(C#CC3(O)CCC3)cc21. The van der Waals surface area contributed by atoms with E-state index in [4.69, 9.17) is 4.74 Å². The van der Waals surface area contributed by atoms with E-state index in [0.29, 0.717) is 36.3 Å². The van der Waals surface area contributed by atoms with Gasteiger partial charge in [0.05, 0.1) is 11.9 Å². The van der Waals surface area contributed by atoms with E-state index in [9.17, 15) is 19.1 Å². The highest BCUT2D eigenvalue weighted by molar-refractivity contribution is 6.00. The second-order valence-corrected chi connectivity index (χ2v) is 9.12. The molecule has 9 heteroatoms. The van der Waals surface area contributed by atoms with Crippen molar-refractivity contribution in [2.75, 3.05) is 18.6 Å². The first kappa shape index (κ1) is 23.6. The van der Waals surface area contributed by atoms with E-state index in [0.717, 1.165) is 22.2 Å². The molecule has 1 aromatic heterocycles. The first-order valence-corrected chi connectivity index (χ1v) is 11.7. The molecule has 2 amide bonds. The molecule has 0 radical (unpaired) electrons. The standard InChI is InChI=1S/C27H25FN4O4/c1-31-23-14-19(9-12-27(35)10-2-11-27)5-8-24(23)36-17-22(25(31)33)30-26(34)32-16-20(15-29-32)13-18-3-6-21(28)7-4-18/h3-8,14-16,22,35H,2,10-11,13,17H2,1H3,(H,30,34)/t22-/m0/s1. The molecule has 2 N–H and O–H groups in total. The Morgan fingerprint density at radius 3 is 2.75 bits per heavy atom. The molecule has 0 bridgehead atoms. The number of hydrogen-bond acceptors (Lipinski definition) is 5. The lowest BCUT2D eigenvalue weighted by atomic mass is 9.81. The molecule has 36 heavy (non-hydrogen) atoms. The molecule has 3 aromatic rings. The molecule has 1 fully saturated rings. The number of anilines is 1. The number of nitrogens with zero attached hydrogens (tertiary/aromatic N) is 3. The molecule has 2 aliphatic rings.